The van der Waals surface area contributed by atoms with Gasteiger partial charge < -0.3 is 15.8 Å². The van der Waals surface area contributed by atoms with Gasteiger partial charge in [0.2, 0.25) is 5.91 Å². The summed E-state index contributed by atoms with van der Waals surface area (Å²) < 4.78 is 5.37. The second kappa shape index (κ2) is 7.14. The zero-order chi connectivity index (χ0) is 14.4. The van der Waals surface area contributed by atoms with Crippen molar-refractivity contribution in [1.82, 2.24) is 5.32 Å². The first-order chi connectivity index (χ1) is 9.03. The second-order valence-electron chi connectivity index (χ2n) is 4.97. The van der Waals surface area contributed by atoms with E-state index < -0.39 is 0 Å². The Bertz CT molecular complexity index is 430. The molecule has 0 aliphatic rings. The summed E-state index contributed by atoms with van der Waals surface area (Å²) in [5, 5.41) is 2.64. The molecule has 1 rings (SSSR count). The summed E-state index contributed by atoms with van der Waals surface area (Å²) in [5.41, 5.74) is 8.03. The molecule has 0 bridgehead atoms. The van der Waals surface area contributed by atoms with Crippen molar-refractivity contribution in [3.05, 3.63) is 29.3 Å². The largest absolute Gasteiger partial charge is 0.496 e. The predicted octanol–water partition coefficient (Wildman–Crippen LogP) is 2.00. The van der Waals surface area contributed by atoms with Crippen molar-refractivity contribution in [1.29, 1.82) is 0 Å². The lowest BCUT2D eigenvalue weighted by Crippen LogP contribution is -2.24. The lowest BCUT2D eigenvalue weighted by molar-refractivity contribution is -0.120. The highest BCUT2D eigenvalue weighted by Crippen LogP contribution is 2.30. The van der Waals surface area contributed by atoms with E-state index in [9.17, 15) is 4.79 Å². The molecule has 0 saturated heterocycles. The molecular weight excluding hydrogens is 240 g/mol. The summed E-state index contributed by atoms with van der Waals surface area (Å²) in [6.07, 6.45) is 0.414. The Morgan fingerprint density at radius 1 is 1.42 bits per heavy atom. The molecule has 0 fully saturated rings. The van der Waals surface area contributed by atoms with Crippen LogP contribution in [0.25, 0.3) is 0 Å². The third-order valence-electron chi connectivity index (χ3n) is 3.34. The molecule has 1 unspecified atom stereocenters. The summed E-state index contributed by atoms with van der Waals surface area (Å²) in [6, 6.07) is 6.05. The Kier molecular flexibility index (Phi) is 5.83. The smallest absolute Gasteiger partial charge is 0.220 e. The number of methoxy groups -OCH3 is 1. The van der Waals surface area contributed by atoms with E-state index in [2.05, 4.69) is 25.2 Å². The van der Waals surface area contributed by atoms with Gasteiger partial charge in [-0.15, -0.1) is 0 Å². The van der Waals surface area contributed by atoms with E-state index in [1.165, 1.54) is 0 Å². The summed E-state index contributed by atoms with van der Waals surface area (Å²) in [7, 11) is 3.31. The lowest BCUT2D eigenvalue weighted by atomic mass is 9.91. The fourth-order valence-corrected chi connectivity index (χ4v) is 2.12. The van der Waals surface area contributed by atoms with E-state index in [1.54, 1.807) is 14.2 Å². The molecular formula is C15H24N2O2. The van der Waals surface area contributed by atoms with Crippen LogP contribution in [0.1, 0.15) is 43.2 Å². The molecule has 3 N–H and O–H groups in total. The first-order valence-electron chi connectivity index (χ1n) is 6.61. The maximum absolute atomic E-state index is 11.5. The van der Waals surface area contributed by atoms with Crippen LogP contribution in [0.5, 0.6) is 5.75 Å². The van der Waals surface area contributed by atoms with E-state index in [-0.39, 0.29) is 11.8 Å². The van der Waals surface area contributed by atoms with E-state index in [0.717, 1.165) is 16.9 Å². The van der Waals surface area contributed by atoms with Crippen molar-refractivity contribution in [3.63, 3.8) is 0 Å². The molecule has 19 heavy (non-hydrogen) atoms. The molecule has 1 aromatic rings. The van der Waals surface area contributed by atoms with Crippen LogP contribution in [0.4, 0.5) is 0 Å². The minimum atomic E-state index is 0.0114. The highest BCUT2D eigenvalue weighted by Gasteiger charge is 2.16. The van der Waals surface area contributed by atoms with E-state index >= 15 is 0 Å². The van der Waals surface area contributed by atoms with E-state index in [4.69, 9.17) is 10.5 Å². The minimum absolute atomic E-state index is 0.0114. The molecule has 1 aromatic carbocycles. The number of carbonyl (C=O) groups excluding carboxylic acids is 1. The number of amides is 1. The van der Waals surface area contributed by atoms with Crippen molar-refractivity contribution in [3.8, 4) is 5.75 Å². The highest BCUT2D eigenvalue weighted by molar-refractivity contribution is 5.76. The molecule has 4 heteroatoms. The third-order valence-corrected chi connectivity index (χ3v) is 3.34. The number of hydrogen-bond acceptors (Lipinski definition) is 3. The maximum Gasteiger partial charge on any atom is 0.220 e. The van der Waals surface area contributed by atoms with Gasteiger partial charge in [0.25, 0.3) is 0 Å². The van der Waals surface area contributed by atoms with Crippen molar-refractivity contribution >= 4 is 5.91 Å². The maximum atomic E-state index is 11.5. The van der Waals surface area contributed by atoms with E-state index in [0.29, 0.717) is 18.9 Å². The molecule has 1 atom stereocenters. The van der Waals surface area contributed by atoms with Gasteiger partial charge in [0.1, 0.15) is 5.75 Å². The average molecular weight is 264 g/mol. The Morgan fingerprint density at radius 2 is 2.11 bits per heavy atom. The summed E-state index contributed by atoms with van der Waals surface area (Å²) in [4.78, 5) is 11.5. The van der Waals surface area contributed by atoms with Gasteiger partial charge in [0.05, 0.1) is 7.11 Å². The van der Waals surface area contributed by atoms with Crippen LogP contribution in [0.2, 0.25) is 0 Å². The van der Waals surface area contributed by atoms with Crippen LogP contribution in [0.15, 0.2) is 18.2 Å². The van der Waals surface area contributed by atoms with Gasteiger partial charge in [-0.3, -0.25) is 4.79 Å². The standard InChI is InChI=1S/C15H24N2O2/c1-10(2)13-7-11(5-6-14(13)19-4)12(9-16)8-15(18)17-3/h5-7,10,12H,8-9,16H2,1-4H3,(H,17,18). The number of carbonyl (C=O) groups is 1. The number of nitrogens with one attached hydrogen (secondary N) is 1. The normalized spacial score (nSPS) is 12.3. The second-order valence-corrected chi connectivity index (χ2v) is 4.97. The first kappa shape index (κ1) is 15.5. The first-order valence-corrected chi connectivity index (χ1v) is 6.61. The zero-order valence-electron chi connectivity index (χ0n) is 12.2. The topological polar surface area (TPSA) is 64.4 Å². The van der Waals surface area contributed by atoms with Crippen molar-refractivity contribution in [2.24, 2.45) is 5.73 Å². The fraction of sp³-hybridized carbons (Fsp3) is 0.533. The monoisotopic (exact) mass is 264 g/mol. The van der Waals surface area contributed by atoms with Gasteiger partial charge in [-0.2, -0.15) is 0 Å². The van der Waals surface area contributed by atoms with Gasteiger partial charge in [0.15, 0.2) is 0 Å². The molecule has 0 radical (unpaired) electrons. The Morgan fingerprint density at radius 3 is 2.58 bits per heavy atom. The lowest BCUT2D eigenvalue weighted by Gasteiger charge is -2.18. The number of ether oxygens (including phenoxy) is 1. The quantitative estimate of drug-likeness (QED) is 0.826. The van der Waals surface area contributed by atoms with Crippen LogP contribution in [-0.4, -0.2) is 26.6 Å². The van der Waals surface area contributed by atoms with E-state index in [1.807, 2.05) is 12.1 Å². The third kappa shape index (κ3) is 3.96. The molecule has 0 aromatic heterocycles. The summed E-state index contributed by atoms with van der Waals surface area (Å²) in [5.74, 6) is 1.31. The van der Waals surface area contributed by atoms with Crippen LogP contribution in [0.3, 0.4) is 0 Å². The summed E-state index contributed by atoms with van der Waals surface area (Å²) in [6.45, 7) is 4.70. The van der Waals surface area contributed by atoms with Gasteiger partial charge in [-0.25, -0.2) is 0 Å². The van der Waals surface area contributed by atoms with Gasteiger partial charge >= 0.3 is 0 Å². The van der Waals surface area contributed by atoms with Crippen molar-refractivity contribution < 1.29 is 9.53 Å². The number of rotatable bonds is 6. The van der Waals surface area contributed by atoms with Crippen molar-refractivity contribution in [2.45, 2.75) is 32.1 Å². The number of nitrogens with two attached hydrogens (primary N) is 1. The Hall–Kier alpha value is -1.55. The molecule has 0 spiro atoms. The average Bonchev–Trinajstić information content (AvgIpc) is 2.43. The fourth-order valence-electron chi connectivity index (χ4n) is 2.12. The van der Waals surface area contributed by atoms with Crippen molar-refractivity contribution in [2.75, 3.05) is 20.7 Å². The molecule has 106 valence electrons. The molecule has 1 amide bonds. The van der Waals surface area contributed by atoms with Gasteiger partial charge in [-0.1, -0.05) is 26.0 Å². The SMILES string of the molecule is CNC(=O)CC(CN)c1ccc(OC)c(C(C)C)c1. The van der Waals surface area contributed by atoms with Crippen LogP contribution in [-0.2, 0) is 4.79 Å². The van der Waals surface area contributed by atoms with Crippen LogP contribution < -0.4 is 15.8 Å². The van der Waals surface area contributed by atoms with Crippen LogP contribution in [0, 0.1) is 0 Å². The summed E-state index contributed by atoms with van der Waals surface area (Å²) >= 11 is 0. The molecule has 0 aliphatic carbocycles. The highest BCUT2D eigenvalue weighted by atomic mass is 16.5. The number of benzene rings is 1. The van der Waals surface area contributed by atoms with Gasteiger partial charge in [0, 0.05) is 19.4 Å². The molecule has 0 heterocycles. The van der Waals surface area contributed by atoms with Gasteiger partial charge in [-0.05, 0) is 29.7 Å². The molecule has 4 nitrogen and oxygen atoms in total. The zero-order valence-corrected chi connectivity index (χ0v) is 12.2. The predicted molar refractivity (Wildman–Crippen MR) is 77.6 cm³/mol. The van der Waals surface area contributed by atoms with Crippen LogP contribution >= 0.6 is 0 Å². The Labute approximate surface area is 115 Å². The number of hydrogen-bond donors (Lipinski definition) is 2. The Balaban J connectivity index is 3.04. The molecule has 0 aliphatic heterocycles. The minimum Gasteiger partial charge on any atom is -0.496 e. The molecule has 0 saturated carbocycles.